The molecule has 40 valence electrons. The number of alkyl halides is 1. The third-order valence-corrected chi connectivity index (χ3v) is 1.40. The first kappa shape index (κ1) is 7.54. The normalized spacial score (nSPS) is 9.29. The molecule has 0 aromatic rings. The quantitative estimate of drug-likeness (QED) is 0.336. The number of halogens is 1. The molecule has 0 aromatic carbocycles. The minimum absolute atomic E-state index is 0.840. The second-order valence-corrected chi connectivity index (χ2v) is 2.33. The van der Waals surface area contributed by atoms with E-state index >= 15 is 0 Å². The Morgan fingerprint density at radius 1 is 1.14 bits per heavy atom. The molecule has 7 heavy (non-hydrogen) atoms. The zero-order valence-electron chi connectivity index (χ0n) is 4.49. The molecule has 0 aliphatic rings. The Balaban J connectivity index is 2.45. The second-order valence-electron chi connectivity index (χ2n) is 1.54. The number of unbranched alkanes of at least 4 members (excludes halogenated alkanes) is 2. The molecule has 2 radical (unpaired) electrons. The van der Waals surface area contributed by atoms with Crippen molar-refractivity contribution in [3.63, 3.8) is 0 Å². The van der Waals surface area contributed by atoms with E-state index in [1.54, 1.807) is 0 Å². The Kier molecular flexibility index (Phi) is 7.05. The molecule has 0 heterocycles. The third kappa shape index (κ3) is 6.54. The molecule has 0 saturated carbocycles. The summed E-state index contributed by atoms with van der Waals surface area (Å²) in [5.74, 6) is 0. The van der Waals surface area contributed by atoms with Gasteiger partial charge in [-0.1, -0.05) is 35.1 Å². The highest BCUT2D eigenvalue weighted by atomic mass is 79.9. The van der Waals surface area contributed by atoms with Gasteiger partial charge in [-0.25, -0.2) is 0 Å². The number of hydrogen-bond donors (Lipinski definition) is 0. The van der Waals surface area contributed by atoms with E-state index < -0.39 is 0 Å². The molecule has 0 aromatic heterocycles. The number of hydrogen-bond acceptors (Lipinski definition) is 0. The van der Waals surface area contributed by atoms with Gasteiger partial charge in [0.05, 0.1) is 7.85 Å². The molecule has 0 aliphatic heterocycles. The summed E-state index contributed by atoms with van der Waals surface area (Å²) in [6, 6.07) is 0. The Morgan fingerprint density at radius 2 is 1.86 bits per heavy atom. The lowest BCUT2D eigenvalue weighted by Gasteiger charge is -1.89. The molecule has 0 nitrogen and oxygen atoms in total. The molecule has 0 amide bonds. The lowest BCUT2D eigenvalue weighted by Crippen LogP contribution is -1.75. The molecule has 0 N–H and O–H groups in total. The summed E-state index contributed by atoms with van der Waals surface area (Å²) >= 11 is 3.34. The predicted molar refractivity (Wildman–Crippen MR) is 38.2 cm³/mol. The van der Waals surface area contributed by atoms with E-state index in [9.17, 15) is 0 Å². The monoisotopic (exact) mass is 160 g/mol. The fourth-order valence-corrected chi connectivity index (χ4v) is 0.812. The Bertz CT molecular complexity index is 27.3. The van der Waals surface area contributed by atoms with Gasteiger partial charge in [-0.2, -0.15) is 0 Å². The van der Waals surface area contributed by atoms with E-state index in [4.69, 9.17) is 7.85 Å². The fraction of sp³-hybridized carbons (Fsp3) is 1.00. The first-order valence-electron chi connectivity index (χ1n) is 2.68. The first-order chi connectivity index (χ1) is 3.41. The highest BCUT2D eigenvalue weighted by Gasteiger charge is 1.80. The molecule has 0 saturated heterocycles. The minimum Gasteiger partial charge on any atom is -0.0928 e. The van der Waals surface area contributed by atoms with Gasteiger partial charge in [-0.15, -0.1) is 0 Å². The van der Waals surface area contributed by atoms with Crippen LogP contribution in [0.3, 0.4) is 0 Å². The molecule has 0 bridgehead atoms. The van der Waals surface area contributed by atoms with Crippen LogP contribution < -0.4 is 0 Å². The average Bonchev–Trinajstić information content (AvgIpc) is 1.69. The third-order valence-electron chi connectivity index (χ3n) is 0.838. The van der Waals surface area contributed by atoms with Crippen molar-refractivity contribution in [2.45, 2.75) is 25.6 Å². The maximum Gasteiger partial charge on any atom is 0.0653 e. The lowest BCUT2D eigenvalue weighted by molar-refractivity contribution is 0.781. The van der Waals surface area contributed by atoms with Crippen molar-refractivity contribution in [3.8, 4) is 0 Å². The molecule has 0 atom stereocenters. The molecule has 0 spiro atoms. The van der Waals surface area contributed by atoms with Crippen LogP contribution in [-0.4, -0.2) is 13.2 Å². The van der Waals surface area contributed by atoms with E-state index in [-0.39, 0.29) is 0 Å². The summed E-state index contributed by atoms with van der Waals surface area (Å²) < 4.78 is 0. The fourth-order valence-electron chi connectivity index (χ4n) is 0.416. The van der Waals surface area contributed by atoms with Crippen LogP contribution in [0.4, 0.5) is 0 Å². The number of rotatable bonds is 4. The van der Waals surface area contributed by atoms with Gasteiger partial charge >= 0.3 is 0 Å². The molecule has 2 heteroatoms. The van der Waals surface area contributed by atoms with E-state index in [1.165, 1.54) is 19.3 Å². The second kappa shape index (κ2) is 6.54. The summed E-state index contributed by atoms with van der Waals surface area (Å²) in [7, 11) is 5.25. The molecular weight excluding hydrogens is 151 g/mol. The average molecular weight is 161 g/mol. The van der Waals surface area contributed by atoms with Crippen molar-refractivity contribution in [2.24, 2.45) is 0 Å². The van der Waals surface area contributed by atoms with Crippen LogP contribution in [0.15, 0.2) is 0 Å². The van der Waals surface area contributed by atoms with Crippen LogP contribution in [0.5, 0.6) is 0 Å². The van der Waals surface area contributed by atoms with Gasteiger partial charge in [0.25, 0.3) is 0 Å². The molecule has 0 aliphatic carbocycles. The maximum atomic E-state index is 5.25. The Hall–Kier alpha value is 0.545. The van der Waals surface area contributed by atoms with Gasteiger partial charge < -0.3 is 0 Å². The standard InChI is InChI=1S/C5H10BBr/c6-4-2-1-3-5-7/h1-5H2. The van der Waals surface area contributed by atoms with Gasteiger partial charge in [0.1, 0.15) is 0 Å². The zero-order chi connectivity index (χ0) is 5.54. The summed E-state index contributed by atoms with van der Waals surface area (Å²) in [6.45, 7) is 0. The highest BCUT2D eigenvalue weighted by Crippen LogP contribution is 1.99. The van der Waals surface area contributed by atoms with Crippen LogP contribution in [0, 0.1) is 0 Å². The molecule has 0 rings (SSSR count). The summed E-state index contributed by atoms with van der Waals surface area (Å²) in [6.07, 6.45) is 4.54. The SMILES string of the molecule is [B]CCCCCBr. The molecule has 0 unspecified atom stereocenters. The highest BCUT2D eigenvalue weighted by molar-refractivity contribution is 9.09. The Labute approximate surface area is 55.2 Å². The van der Waals surface area contributed by atoms with E-state index in [2.05, 4.69) is 15.9 Å². The van der Waals surface area contributed by atoms with Crippen LogP contribution in [0.25, 0.3) is 0 Å². The van der Waals surface area contributed by atoms with Gasteiger partial charge in [0.15, 0.2) is 0 Å². The minimum atomic E-state index is 0.840. The van der Waals surface area contributed by atoms with Gasteiger partial charge in [0.2, 0.25) is 0 Å². The van der Waals surface area contributed by atoms with Crippen molar-refractivity contribution in [1.82, 2.24) is 0 Å². The van der Waals surface area contributed by atoms with E-state index in [0.29, 0.717) is 0 Å². The van der Waals surface area contributed by atoms with Crippen molar-refractivity contribution in [1.29, 1.82) is 0 Å². The van der Waals surface area contributed by atoms with Crippen molar-refractivity contribution < 1.29 is 0 Å². The summed E-state index contributed by atoms with van der Waals surface area (Å²) in [5, 5.41) is 1.12. The molecule has 0 fully saturated rings. The summed E-state index contributed by atoms with van der Waals surface area (Å²) in [4.78, 5) is 0. The lowest BCUT2D eigenvalue weighted by atomic mass is 10.00. The Morgan fingerprint density at radius 3 is 2.29 bits per heavy atom. The maximum absolute atomic E-state index is 5.25. The van der Waals surface area contributed by atoms with Gasteiger partial charge in [-0.3, -0.25) is 0 Å². The van der Waals surface area contributed by atoms with Crippen LogP contribution in [0.1, 0.15) is 19.3 Å². The van der Waals surface area contributed by atoms with Crippen molar-refractivity contribution in [3.05, 3.63) is 0 Å². The predicted octanol–water partition coefficient (Wildman–Crippen LogP) is 2.14. The van der Waals surface area contributed by atoms with Crippen molar-refractivity contribution in [2.75, 3.05) is 5.33 Å². The van der Waals surface area contributed by atoms with Crippen LogP contribution in [-0.2, 0) is 0 Å². The van der Waals surface area contributed by atoms with E-state index in [0.717, 1.165) is 11.7 Å². The van der Waals surface area contributed by atoms with Crippen LogP contribution in [0.2, 0.25) is 6.32 Å². The van der Waals surface area contributed by atoms with Crippen LogP contribution >= 0.6 is 15.9 Å². The zero-order valence-corrected chi connectivity index (χ0v) is 6.08. The molecular formula is C5H10BBr. The van der Waals surface area contributed by atoms with Gasteiger partial charge in [0, 0.05) is 5.33 Å². The smallest absolute Gasteiger partial charge is 0.0653 e. The summed E-state index contributed by atoms with van der Waals surface area (Å²) in [5.41, 5.74) is 0. The van der Waals surface area contributed by atoms with Gasteiger partial charge in [-0.05, 0) is 6.42 Å². The topological polar surface area (TPSA) is 0 Å². The van der Waals surface area contributed by atoms with Crippen molar-refractivity contribution >= 4 is 23.8 Å². The van der Waals surface area contributed by atoms with E-state index in [1.807, 2.05) is 0 Å². The largest absolute Gasteiger partial charge is 0.0928 e. The first-order valence-corrected chi connectivity index (χ1v) is 3.80.